The molecule has 0 radical (unpaired) electrons. The number of fused-ring (bicyclic) bond motifs is 1. The first kappa shape index (κ1) is 24.9. The average molecular weight is 520 g/mol. The number of nitrogens with zero attached hydrogens (tertiary/aromatic N) is 2. The molecule has 0 aliphatic carbocycles. The second-order valence-corrected chi connectivity index (χ2v) is 8.81. The first-order valence-electron chi connectivity index (χ1n) is 11.7. The molecule has 10 heteroatoms. The minimum Gasteiger partial charge on any atom is -0.496 e. The maximum atomic E-state index is 13.6. The van der Waals surface area contributed by atoms with Crippen LogP contribution >= 0.6 is 0 Å². The van der Waals surface area contributed by atoms with E-state index in [2.05, 4.69) is 20.6 Å². The molecule has 194 valence electrons. The number of aromatic nitrogens is 3. The molecule has 0 fully saturated rings. The fourth-order valence-corrected chi connectivity index (χ4v) is 4.22. The summed E-state index contributed by atoms with van der Waals surface area (Å²) >= 11 is 0. The first-order chi connectivity index (χ1) is 18.2. The zero-order chi connectivity index (χ0) is 26.9. The van der Waals surface area contributed by atoms with Crippen LogP contribution in [0.4, 0.5) is 24.5 Å². The van der Waals surface area contributed by atoms with Gasteiger partial charge in [-0.2, -0.15) is 13.2 Å². The highest BCUT2D eigenvalue weighted by Crippen LogP contribution is 2.33. The molecule has 5 aromatic rings. The van der Waals surface area contributed by atoms with E-state index in [4.69, 9.17) is 4.74 Å². The number of carbonyl (C=O) groups excluding carboxylic acids is 1. The number of ether oxygens (including phenoxy) is 1. The van der Waals surface area contributed by atoms with Crippen molar-refractivity contribution in [2.75, 3.05) is 17.7 Å². The minimum absolute atomic E-state index is 0.0418. The van der Waals surface area contributed by atoms with Crippen LogP contribution in [-0.4, -0.2) is 27.6 Å². The lowest BCUT2D eigenvalue weighted by Crippen LogP contribution is -2.14. The van der Waals surface area contributed by atoms with Crippen LogP contribution in [0.3, 0.4) is 0 Å². The minimum atomic E-state index is -4.57. The summed E-state index contributed by atoms with van der Waals surface area (Å²) in [6.07, 6.45) is 2.31. The Labute approximate surface area is 216 Å². The van der Waals surface area contributed by atoms with E-state index in [1.165, 1.54) is 6.07 Å². The fourth-order valence-electron chi connectivity index (χ4n) is 4.22. The number of hydrogen-bond acceptors (Lipinski definition) is 4. The number of rotatable bonds is 7. The standard InChI is InChI=1S/C28H24F3N5O2/c1-17-7-9-36(16-17)23-12-20(28(29,30)31)11-22(13-23)35-27(37)18-4-3-5-21(10-18)33-14-19-15-34-26-24(6-8-32-26)25(19)38-2/h3-13,15-16,33H,14H2,1-2H3,(H,32,34)(H,35,37). The number of amides is 1. The monoisotopic (exact) mass is 519 g/mol. The summed E-state index contributed by atoms with van der Waals surface area (Å²) in [5.41, 5.74) is 2.87. The van der Waals surface area contributed by atoms with Crippen molar-refractivity contribution in [3.05, 3.63) is 102 Å². The van der Waals surface area contributed by atoms with Gasteiger partial charge in [0.1, 0.15) is 11.4 Å². The van der Waals surface area contributed by atoms with Crippen molar-refractivity contribution in [1.29, 1.82) is 0 Å². The Balaban J connectivity index is 1.35. The summed E-state index contributed by atoms with van der Waals surface area (Å²) in [4.78, 5) is 20.4. The zero-order valence-electron chi connectivity index (χ0n) is 20.6. The summed E-state index contributed by atoms with van der Waals surface area (Å²) in [5.74, 6) is 0.159. The molecule has 0 aliphatic rings. The number of alkyl halides is 3. The van der Waals surface area contributed by atoms with Crippen LogP contribution in [0.5, 0.6) is 5.75 Å². The van der Waals surface area contributed by atoms with Gasteiger partial charge in [-0.25, -0.2) is 4.98 Å². The van der Waals surface area contributed by atoms with Crippen molar-refractivity contribution >= 4 is 28.3 Å². The molecule has 3 aromatic heterocycles. The van der Waals surface area contributed by atoms with Crippen LogP contribution in [0, 0.1) is 6.92 Å². The van der Waals surface area contributed by atoms with E-state index in [0.29, 0.717) is 29.3 Å². The van der Waals surface area contributed by atoms with Crippen molar-refractivity contribution in [3.63, 3.8) is 0 Å². The molecule has 0 saturated carbocycles. The molecule has 5 rings (SSSR count). The van der Waals surface area contributed by atoms with Gasteiger partial charge in [-0.1, -0.05) is 6.07 Å². The number of anilines is 2. The number of nitrogens with one attached hydrogen (secondary N) is 3. The molecule has 3 heterocycles. The summed E-state index contributed by atoms with van der Waals surface area (Å²) in [5, 5.41) is 6.72. The number of pyridine rings is 1. The van der Waals surface area contributed by atoms with Gasteiger partial charge in [0, 0.05) is 59.5 Å². The average Bonchev–Trinajstić information content (AvgIpc) is 3.55. The molecule has 7 nitrogen and oxygen atoms in total. The SMILES string of the molecule is COc1c(CNc2cccc(C(=O)Nc3cc(-n4ccc(C)c4)cc(C(F)(F)F)c3)c2)cnc2[nH]ccc12. The number of H-pyrrole nitrogens is 1. The van der Waals surface area contributed by atoms with Crippen molar-refractivity contribution < 1.29 is 22.7 Å². The molecule has 0 aliphatic heterocycles. The number of carbonyl (C=O) groups is 1. The zero-order valence-corrected chi connectivity index (χ0v) is 20.6. The lowest BCUT2D eigenvalue weighted by molar-refractivity contribution is -0.137. The van der Waals surface area contributed by atoms with E-state index in [1.807, 2.05) is 13.0 Å². The maximum absolute atomic E-state index is 13.6. The van der Waals surface area contributed by atoms with Crippen molar-refractivity contribution in [1.82, 2.24) is 14.5 Å². The molecular formula is C28H24F3N5O2. The Morgan fingerprint density at radius 1 is 1.11 bits per heavy atom. The van der Waals surface area contributed by atoms with Crippen LogP contribution in [0.25, 0.3) is 16.7 Å². The van der Waals surface area contributed by atoms with Gasteiger partial charge in [0.2, 0.25) is 0 Å². The molecule has 38 heavy (non-hydrogen) atoms. The van der Waals surface area contributed by atoms with Crippen LogP contribution in [0.2, 0.25) is 0 Å². The normalized spacial score (nSPS) is 11.5. The molecule has 2 aromatic carbocycles. The van der Waals surface area contributed by atoms with Gasteiger partial charge in [-0.05, 0) is 61.0 Å². The van der Waals surface area contributed by atoms with Gasteiger partial charge in [0.25, 0.3) is 5.91 Å². The summed E-state index contributed by atoms with van der Waals surface area (Å²) < 4.78 is 47.9. The highest BCUT2D eigenvalue weighted by molar-refractivity contribution is 6.05. The fraction of sp³-hybridized carbons (Fsp3) is 0.143. The van der Waals surface area contributed by atoms with E-state index < -0.39 is 17.6 Å². The summed E-state index contributed by atoms with van der Waals surface area (Å²) in [6, 6.07) is 13.9. The number of halogens is 3. The second-order valence-electron chi connectivity index (χ2n) is 8.81. The molecule has 3 N–H and O–H groups in total. The summed E-state index contributed by atoms with van der Waals surface area (Å²) in [6.45, 7) is 2.23. The van der Waals surface area contributed by atoms with E-state index in [9.17, 15) is 18.0 Å². The van der Waals surface area contributed by atoms with E-state index >= 15 is 0 Å². The third kappa shape index (κ3) is 5.19. The van der Waals surface area contributed by atoms with Gasteiger partial charge >= 0.3 is 6.18 Å². The number of methoxy groups -OCH3 is 1. The highest BCUT2D eigenvalue weighted by Gasteiger charge is 2.31. The van der Waals surface area contributed by atoms with Crippen LogP contribution in [0.1, 0.15) is 27.0 Å². The number of hydrogen-bond donors (Lipinski definition) is 3. The Morgan fingerprint density at radius 3 is 2.68 bits per heavy atom. The van der Waals surface area contributed by atoms with Crippen LogP contribution in [-0.2, 0) is 12.7 Å². The molecule has 0 atom stereocenters. The topological polar surface area (TPSA) is 84.0 Å². The number of aromatic amines is 1. The Kier molecular flexibility index (Phi) is 6.54. The van der Waals surface area contributed by atoms with Crippen molar-refractivity contribution in [2.24, 2.45) is 0 Å². The molecular weight excluding hydrogens is 495 g/mol. The maximum Gasteiger partial charge on any atom is 0.416 e. The van der Waals surface area contributed by atoms with Crippen LogP contribution in [0.15, 0.2) is 79.4 Å². The predicted octanol–water partition coefficient (Wildman–Crippen LogP) is 6.55. The van der Waals surface area contributed by atoms with Gasteiger partial charge in [0.05, 0.1) is 18.1 Å². The number of benzene rings is 2. The van der Waals surface area contributed by atoms with E-state index in [0.717, 1.165) is 28.6 Å². The summed E-state index contributed by atoms with van der Waals surface area (Å²) in [7, 11) is 1.59. The van der Waals surface area contributed by atoms with Crippen LogP contribution < -0.4 is 15.4 Å². The van der Waals surface area contributed by atoms with Gasteiger partial charge < -0.3 is 24.9 Å². The van der Waals surface area contributed by atoms with E-state index in [1.54, 1.807) is 66.8 Å². The Morgan fingerprint density at radius 2 is 1.95 bits per heavy atom. The third-order valence-electron chi connectivity index (χ3n) is 6.06. The van der Waals surface area contributed by atoms with Gasteiger partial charge in [-0.15, -0.1) is 0 Å². The lowest BCUT2D eigenvalue weighted by atomic mass is 10.1. The van der Waals surface area contributed by atoms with Gasteiger partial charge in [0.15, 0.2) is 0 Å². The smallest absolute Gasteiger partial charge is 0.416 e. The highest BCUT2D eigenvalue weighted by atomic mass is 19.4. The largest absolute Gasteiger partial charge is 0.496 e. The Bertz CT molecular complexity index is 1620. The molecule has 0 unspecified atom stereocenters. The molecule has 1 amide bonds. The molecule has 0 spiro atoms. The molecule has 0 bridgehead atoms. The quantitative estimate of drug-likeness (QED) is 0.228. The number of aryl methyl sites for hydroxylation is 1. The predicted molar refractivity (Wildman–Crippen MR) is 140 cm³/mol. The Hall–Kier alpha value is -4.73. The van der Waals surface area contributed by atoms with Crippen molar-refractivity contribution in [3.8, 4) is 11.4 Å². The van der Waals surface area contributed by atoms with Gasteiger partial charge in [-0.3, -0.25) is 4.79 Å². The lowest BCUT2D eigenvalue weighted by Gasteiger charge is -2.14. The van der Waals surface area contributed by atoms with E-state index in [-0.39, 0.29) is 11.3 Å². The first-order valence-corrected chi connectivity index (χ1v) is 11.7. The second kappa shape index (κ2) is 9.97. The van der Waals surface area contributed by atoms with Crippen molar-refractivity contribution in [2.45, 2.75) is 19.6 Å². The molecule has 0 saturated heterocycles. The third-order valence-corrected chi connectivity index (χ3v) is 6.06.